The van der Waals surface area contributed by atoms with E-state index in [0.29, 0.717) is 39.5 Å². The van der Waals surface area contributed by atoms with Crippen LogP contribution in [0.4, 0.5) is 0 Å². The second kappa shape index (κ2) is 6.73. The minimum atomic E-state index is -0.645. The van der Waals surface area contributed by atoms with Gasteiger partial charge in [0.05, 0.1) is 16.9 Å². The van der Waals surface area contributed by atoms with Gasteiger partial charge in [-0.05, 0) is 53.7 Å². The minimum absolute atomic E-state index is 0.0536. The highest BCUT2D eigenvalue weighted by Crippen LogP contribution is 2.62. The van der Waals surface area contributed by atoms with Crippen LogP contribution in [0.3, 0.4) is 0 Å². The summed E-state index contributed by atoms with van der Waals surface area (Å²) in [5, 5.41) is 10.0. The Morgan fingerprint density at radius 3 is 2.56 bits per heavy atom. The first-order chi connectivity index (χ1) is 12.8. The molecular formula is C21H25ClN2O3. The lowest BCUT2D eigenvalue weighted by Gasteiger charge is -2.61. The molecule has 5 rings (SSSR count). The Morgan fingerprint density at radius 2 is 1.96 bits per heavy atom. The van der Waals surface area contributed by atoms with Crippen molar-refractivity contribution >= 4 is 17.5 Å². The van der Waals surface area contributed by atoms with Gasteiger partial charge in [0.1, 0.15) is 0 Å². The van der Waals surface area contributed by atoms with Gasteiger partial charge in [0.15, 0.2) is 0 Å². The number of allylic oxidation sites excluding steroid dienone is 1. The molecule has 144 valence electrons. The lowest BCUT2D eigenvalue weighted by atomic mass is 9.45. The number of ether oxygens (including phenoxy) is 1. The fraction of sp³-hybridized carbons (Fsp3) is 0.619. The molecule has 3 saturated carbocycles. The number of fused-ring (bicyclic) bond motifs is 2. The van der Waals surface area contributed by atoms with Crippen molar-refractivity contribution < 1.29 is 14.5 Å². The van der Waals surface area contributed by atoms with Gasteiger partial charge in [-0.25, -0.2) is 0 Å². The zero-order chi connectivity index (χ0) is 19.3. The Morgan fingerprint density at radius 1 is 1.26 bits per heavy atom. The highest BCUT2D eigenvalue weighted by atomic mass is 35.5. The predicted molar refractivity (Wildman–Crippen MR) is 103 cm³/mol. The van der Waals surface area contributed by atoms with Gasteiger partial charge in [-0.1, -0.05) is 44.5 Å². The summed E-state index contributed by atoms with van der Waals surface area (Å²) < 4.78 is 6.26. The van der Waals surface area contributed by atoms with Gasteiger partial charge < -0.3 is 10.1 Å². The Kier molecular flexibility index (Phi) is 4.66. The number of rotatable bonds is 3. The Bertz CT molecular complexity index is 800. The van der Waals surface area contributed by atoms with Gasteiger partial charge in [-0.3, -0.25) is 0 Å². The summed E-state index contributed by atoms with van der Waals surface area (Å²) >= 11 is 5.97. The molecule has 0 radical (unpaired) electrons. The third-order valence-electron chi connectivity index (χ3n) is 7.17. The molecule has 3 aliphatic carbocycles. The number of hydrogen-bond donors (Lipinski definition) is 0. The number of nitrogens with zero attached hydrogens (tertiary/aromatic N) is 2. The summed E-state index contributed by atoms with van der Waals surface area (Å²) in [4.78, 5) is 18.0. The van der Waals surface area contributed by atoms with Crippen molar-refractivity contribution in [2.24, 2.45) is 23.2 Å². The van der Waals surface area contributed by atoms with E-state index < -0.39 is 6.29 Å². The molecule has 27 heavy (non-hydrogen) atoms. The fourth-order valence-electron chi connectivity index (χ4n) is 5.30. The first-order valence-electron chi connectivity index (χ1n) is 9.63. The van der Waals surface area contributed by atoms with Gasteiger partial charge in [0, 0.05) is 11.4 Å². The van der Waals surface area contributed by atoms with E-state index in [1.54, 1.807) is 12.1 Å². The maximum absolute atomic E-state index is 12.3. The van der Waals surface area contributed by atoms with E-state index in [1.165, 1.54) is 6.42 Å². The molecular weight excluding hydrogens is 364 g/mol. The van der Waals surface area contributed by atoms with Crippen molar-refractivity contribution in [2.45, 2.75) is 58.3 Å². The van der Waals surface area contributed by atoms with E-state index in [1.807, 2.05) is 18.0 Å². The number of benzene rings is 1. The van der Waals surface area contributed by atoms with E-state index in [-0.39, 0.29) is 17.7 Å². The van der Waals surface area contributed by atoms with Crippen LogP contribution < -0.4 is 0 Å². The topological polar surface area (TPSA) is 60.8 Å². The second-order valence-corrected chi connectivity index (χ2v) is 9.20. The Balaban J connectivity index is 1.50. The van der Waals surface area contributed by atoms with Crippen LogP contribution in [0.5, 0.6) is 0 Å². The van der Waals surface area contributed by atoms with E-state index >= 15 is 0 Å². The Hall–Kier alpha value is -1.68. The summed E-state index contributed by atoms with van der Waals surface area (Å²) in [5.41, 5.74) is 1.30. The van der Waals surface area contributed by atoms with E-state index in [2.05, 4.69) is 20.8 Å². The molecule has 4 fully saturated rings. The van der Waals surface area contributed by atoms with Gasteiger partial charge >= 0.3 is 5.70 Å². The van der Waals surface area contributed by atoms with Gasteiger partial charge in [0.2, 0.25) is 0 Å². The second-order valence-electron chi connectivity index (χ2n) is 8.76. The zero-order valence-electron chi connectivity index (χ0n) is 15.9. The van der Waals surface area contributed by atoms with Crippen molar-refractivity contribution in [3.63, 3.8) is 0 Å². The van der Waals surface area contributed by atoms with Crippen LogP contribution in [0.2, 0.25) is 5.02 Å². The molecule has 0 N–H and O–H groups in total. The highest BCUT2D eigenvalue weighted by molar-refractivity contribution is 6.30. The SMILES string of the molecule is C[C@@H]1[C@H]2C[C@@H](C[C@H]1O[C@H]1C[C@H](c3ccc(Cl)cc3)C(=C=[N-])[N+](=O)O1)C2(C)C. The largest absolute Gasteiger partial charge is 0.758 e. The van der Waals surface area contributed by atoms with Crippen LogP contribution in [-0.2, 0) is 9.57 Å². The maximum Gasteiger partial charge on any atom is 0.320 e. The molecule has 2 bridgehead atoms. The van der Waals surface area contributed by atoms with Crippen molar-refractivity contribution in [2.75, 3.05) is 0 Å². The smallest absolute Gasteiger partial charge is 0.320 e. The average molecular weight is 389 g/mol. The molecule has 6 atom stereocenters. The number of halogens is 1. The van der Waals surface area contributed by atoms with Crippen LogP contribution >= 0.6 is 11.6 Å². The predicted octanol–water partition coefficient (Wildman–Crippen LogP) is 5.07. The molecule has 0 aromatic heterocycles. The molecule has 5 nitrogen and oxygen atoms in total. The van der Waals surface area contributed by atoms with Crippen LogP contribution in [0.15, 0.2) is 30.0 Å². The van der Waals surface area contributed by atoms with E-state index in [4.69, 9.17) is 21.2 Å². The summed E-state index contributed by atoms with van der Waals surface area (Å²) in [6.45, 7) is 6.94. The molecule has 6 heteroatoms. The van der Waals surface area contributed by atoms with Crippen LogP contribution in [0.25, 0.3) is 5.41 Å². The van der Waals surface area contributed by atoms with Crippen molar-refractivity contribution in [1.82, 2.24) is 0 Å². The van der Waals surface area contributed by atoms with Crippen LogP contribution in [0.1, 0.15) is 51.5 Å². The first kappa shape index (κ1) is 18.7. The highest BCUT2D eigenvalue weighted by Gasteiger charge is 2.57. The van der Waals surface area contributed by atoms with E-state index in [0.717, 1.165) is 12.0 Å². The minimum Gasteiger partial charge on any atom is -0.758 e. The molecule has 1 aromatic rings. The quantitative estimate of drug-likeness (QED) is 0.679. The summed E-state index contributed by atoms with van der Waals surface area (Å²) in [6.07, 6.45) is 2.17. The summed E-state index contributed by atoms with van der Waals surface area (Å²) in [7, 11) is 0. The van der Waals surface area contributed by atoms with Gasteiger partial charge in [-0.2, -0.15) is 10.7 Å². The average Bonchev–Trinajstić information content (AvgIpc) is 2.63. The molecule has 0 amide bonds. The van der Waals surface area contributed by atoms with Crippen LogP contribution in [0, 0.1) is 28.1 Å². The molecule has 1 saturated heterocycles. The van der Waals surface area contributed by atoms with Gasteiger partial charge in [0.25, 0.3) is 11.2 Å². The van der Waals surface area contributed by atoms with Crippen LogP contribution in [-0.4, -0.2) is 23.2 Å². The molecule has 0 spiro atoms. The lowest BCUT2D eigenvalue weighted by molar-refractivity contribution is -0.801. The normalized spacial score (nSPS) is 37.2. The third kappa shape index (κ3) is 3.12. The van der Waals surface area contributed by atoms with Crippen molar-refractivity contribution in [1.29, 1.82) is 0 Å². The van der Waals surface area contributed by atoms with E-state index in [9.17, 15) is 10.3 Å². The lowest BCUT2D eigenvalue weighted by Crippen LogP contribution is -2.58. The summed E-state index contributed by atoms with van der Waals surface area (Å²) in [5.74, 6) is 3.40. The van der Waals surface area contributed by atoms with Gasteiger partial charge in [-0.15, -0.1) is 0 Å². The first-order valence-corrected chi connectivity index (χ1v) is 10.0. The molecule has 1 aliphatic heterocycles. The standard InChI is InChI=1S/C21H25ClN2O3/c1-12-17-8-14(21(17,2)3)9-19(12)26-20-10-16(18(11-23)24(25)27-20)13-4-6-15(22)7-5-13/h4-7,12,14,16-17,19-20H,8-10H2,1-3H3/t12-,14+,16-,17-,19-,20-/m1/s1. The number of hydrogen-bond acceptors (Lipinski definition) is 3. The molecule has 0 unspecified atom stereocenters. The molecule has 1 aromatic carbocycles. The molecule has 1 heterocycles. The third-order valence-corrected chi connectivity index (χ3v) is 7.42. The summed E-state index contributed by atoms with van der Waals surface area (Å²) in [6, 6.07) is 7.24. The monoisotopic (exact) mass is 388 g/mol. The zero-order valence-corrected chi connectivity index (χ0v) is 16.6. The fourth-order valence-corrected chi connectivity index (χ4v) is 5.43. The Labute approximate surface area is 164 Å². The molecule has 4 aliphatic rings. The van der Waals surface area contributed by atoms with Crippen molar-refractivity contribution in [3.8, 4) is 0 Å². The van der Waals surface area contributed by atoms with Crippen molar-refractivity contribution in [3.05, 3.63) is 50.9 Å². The maximum atomic E-state index is 12.3.